The highest BCUT2D eigenvalue weighted by atomic mass is 32.2. The highest BCUT2D eigenvalue weighted by molar-refractivity contribution is 8.26. The molecule has 6 heteroatoms. The largest absolute Gasteiger partial charge is 0.493 e. The SMILES string of the molecule is COc1ccc(/C=C2/SC(=S)N(Cc3ccccc3)C2=O)cc1OCc1ccccc1. The molecule has 0 aliphatic carbocycles. The van der Waals surface area contributed by atoms with E-state index < -0.39 is 0 Å². The molecule has 0 N–H and O–H groups in total. The second-order valence-corrected chi connectivity index (χ2v) is 8.61. The lowest BCUT2D eigenvalue weighted by Gasteiger charge is -2.14. The van der Waals surface area contributed by atoms with Crippen LogP contribution in [0.3, 0.4) is 0 Å². The van der Waals surface area contributed by atoms with Crippen molar-refractivity contribution in [1.82, 2.24) is 4.90 Å². The summed E-state index contributed by atoms with van der Waals surface area (Å²) in [5, 5.41) is 0. The van der Waals surface area contributed by atoms with E-state index in [1.165, 1.54) is 11.8 Å². The fraction of sp³-hybridized carbons (Fsp3) is 0.120. The van der Waals surface area contributed by atoms with E-state index in [-0.39, 0.29) is 5.91 Å². The smallest absolute Gasteiger partial charge is 0.266 e. The topological polar surface area (TPSA) is 38.8 Å². The molecule has 31 heavy (non-hydrogen) atoms. The molecular formula is C25H21NO3S2. The van der Waals surface area contributed by atoms with Gasteiger partial charge in [0.05, 0.1) is 18.6 Å². The summed E-state index contributed by atoms with van der Waals surface area (Å²) in [6, 6.07) is 25.4. The first-order valence-electron chi connectivity index (χ1n) is 9.78. The zero-order valence-electron chi connectivity index (χ0n) is 17.0. The average molecular weight is 448 g/mol. The number of amides is 1. The molecule has 4 rings (SSSR count). The third kappa shape index (κ3) is 5.16. The first kappa shape index (κ1) is 21.2. The van der Waals surface area contributed by atoms with Gasteiger partial charge in [0.25, 0.3) is 5.91 Å². The number of hydrogen-bond acceptors (Lipinski definition) is 5. The second kappa shape index (κ2) is 9.81. The van der Waals surface area contributed by atoms with Gasteiger partial charge in [0.15, 0.2) is 11.5 Å². The minimum Gasteiger partial charge on any atom is -0.493 e. The zero-order chi connectivity index (χ0) is 21.6. The predicted molar refractivity (Wildman–Crippen MR) is 129 cm³/mol. The Bertz CT molecular complexity index is 1110. The van der Waals surface area contributed by atoms with Crippen LogP contribution in [0.25, 0.3) is 6.08 Å². The first-order chi connectivity index (χ1) is 15.1. The number of rotatable bonds is 7. The van der Waals surface area contributed by atoms with Crippen molar-refractivity contribution < 1.29 is 14.3 Å². The van der Waals surface area contributed by atoms with Crippen molar-refractivity contribution in [3.8, 4) is 11.5 Å². The zero-order valence-corrected chi connectivity index (χ0v) is 18.6. The van der Waals surface area contributed by atoms with E-state index in [1.54, 1.807) is 12.0 Å². The summed E-state index contributed by atoms with van der Waals surface area (Å²) in [4.78, 5) is 15.2. The van der Waals surface area contributed by atoms with Crippen LogP contribution in [0, 0.1) is 0 Å². The quantitative estimate of drug-likeness (QED) is 0.344. The van der Waals surface area contributed by atoms with E-state index in [2.05, 4.69) is 0 Å². The predicted octanol–water partition coefficient (Wildman–Crippen LogP) is 5.68. The molecule has 1 aliphatic heterocycles. The lowest BCUT2D eigenvalue weighted by atomic mass is 10.1. The van der Waals surface area contributed by atoms with Crippen molar-refractivity contribution in [3.05, 3.63) is 100 Å². The van der Waals surface area contributed by atoms with Gasteiger partial charge in [-0.3, -0.25) is 9.69 Å². The van der Waals surface area contributed by atoms with Crippen LogP contribution in [0.4, 0.5) is 0 Å². The molecule has 156 valence electrons. The fourth-order valence-electron chi connectivity index (χ4n) is 3.18. The minimum atomic E-state index is -0.0820. The summed E-state index contributed by atoms with van der Waals surface area (Å²) in [6.45, 7) is 0.900. The van der Waals surface area contributed by atoms with Gasteiger partial charge in [-0.25, -0.2) is 0 Å². The van der Waals surface area contributed by atoms with Crippen molar-refractivity contribution in [1.29, 1.82) is 0 Å². The molecule has 1 saturated heterocycles. The number of benzene rings is 3. The van der Waals surface area contributed by atoms with Gasteiger partial charge in [0.2, 0.25) is 0 Å². The van der Waals surface area contributed by atoms with E-state index in [4.69, 9.17) is 21.7 Å². The molecule has 0 atom stereocenters. The maximum Gasteiger partial charge on any atom is 0.266 e. The van der Waals surface area contributed by atoms with Gasteiger partial charge >= 0.3 is 0 Å². The average Bonchev–Trinajstić information content (AvgIpc) is 3.06. The molecule has 4 nitrogen and oxygen atoms in total. The van der Waals surface area contributed by atoms with Crippen LogP contribution in [0.15, 0.2) is 83.8 Å². The van der Waals surface area contributed by atoms with E-state index in [1.807, 2.05) is 84.9 Å². The molecule has 1 fully saturated rings. The Kier molecular flexibility index (Phi) is 6.70. The minimum absolute atomic E-state index is 0.0820. The van der Waals surface area contributed by atoms with E-state index in [0.717, 1.165) is 16.7 Å². The van der Waals surface area contributed by atoms with Crippen molar-refractivity contribution in [3.63, 3.8) is 0 Å². The van der Waals surface area contributed by atoms with Crippen molar-refractivity contribution in [2.24, 2.45) is 0 Å². The van der Waals surface area contributed by atoms with Gasteiger partial charge in [-0.15, -0.1) is 0 Å². The molecule has 1 aliphatic rings. The van der Waals surface area contributed by atoms with Gasteiger partial charge in [0, 0.05) is 0 Å². The summed E-state index contributed by atoms with van der Waals surface area (Å²) in [5.41, 5.74) is 2.96. The van der Waals surface area contributed by atoms with Crippen molar-refractivity contribution >= 4 is 40.3 Å². The number of methoxy groups -OCH3 is 1. The first-order valence-corrected chi connectivity index (χ1v) is 11.0. The van der Waals surface area contributed by atoms with Crippen molar-refractivity contribution in [2.75, 3.05) is 7.11 Å². The van der Waals surface area contributed by atoms with Gasteiger partial charge in [-0.1, -0.05) is 90.7 Å². The fourth-order valence-corrected chi connectivity index (χ4v) is 4.44. The van der Waals surface area contributed by atoms with Crippen LogP contribution in [-0.4, -0.2) is 22.2 Å². The number of ether oxygens (including phenoxy) is 2. The molecule has 0 saturated carbocycles. The molecule has 3 aromatic carbocycles. The molecule has 0 aromatic heterocycles. The Morgan fingerprint density at radius 1 is 0.935 bits per heavy atom. The molecule has 0 radical (unpaired) electrons. The summed E-state index contributed by atoms with van der Waals surface area (Å²) in [7, 11) is 1.61. The lowest BCUT2D eigenvalue weighted by molar-refractivity contribution is -0.122. The third-order valence-corrected chi connectivity index (χ3v) is 6.16. The Balaban J connectivity index is 1.52. The van der Waals surface area contributed by atoms with Crippen LogP contribution in [-0.2, 0) is 17.9 Å². The summed E-state index contributed by atoms with van der Waals surface area (Å²) >= 11 is 6.77. The Labute approximate surface area is 191 Å². The third-order valence-electron chi connectivity index (χ3n) is 4.78. The van der Waals surface area contributed by atoms with E-state index >= 15 is 0 Å². The van der Waals surface area contributed by atoms with Gasteiger partial charge < -0.3 is 9.47 Å². The van der Waals surface area contributed by atoms with Crippen LogP contribution in [0.2, 0.25) is 0 Å². The maximum absolute atomic E-state index is 12.9. The van der Waals surface area contributed by atoms with Gasteiger partial charge in [0.1, 0.15) is 10.9 Å². The number of nitrogens with zero attached hydrogens (tertiary/aromatic N) is 1. The summed E-state index contributed by atoms with van der Waals surface area (Å²) in [5.74, 6) is 1.19. The highest BCUT2D eigenvalue weighted by Crippen LogP contribution is 2.35. The molecule has 3 aromatic rings. The monoisotopic (exact) mass is 447 g/mol. The molecule has 0 bridgehead atoms. The van der Waals surface area contributed by atoms with Crippen LogP contribution in [0.5, 0.6) is 11.5 Å². The lowest BCUT2D eigenvalue weighted by Crippen LogP contribution is -2.27. The molecular weight excluding hydrogens is 426 g/mol. The Morgan fingerprint density at radius 2 is 1.61 bits per heavy atom. The molecule has 0 unspecified atom stereocenters. The Hall–Kier alpha value is -3.09. The van der Waals surface area contributed by atoms with Crippen LogP contribution < -0.4 is 9.47 Å². The molecule has 0 spiro atoms. The number of carbonyl (C=O) groups is 1. The van der Waals surface area contributed by atoms with E-state index in [9.17, 15) is 4.79 Å². The van der Waals surface area contributed by atoms with Crippen molar-refractivity contribution in [2.45, 2.75) is 13.2 Å². The van der Waals surface area contributed by atoms with Gasteiger partial charge in [-0.2, -0.15) is 0 Å². The number of thiocarbonyl (C=S) groups is 1. The van der Waals surface area contributed by atoms with Crippen LogP contribution >= 0.6 is 24.0 Å². The Morgan fingerprint density at radius 3 is 2.29 bits per heavy atom. The highest BCUT2D eigenvalue weighted by Gasteiger charge is 2.32. The standard InChI is InChI=1S/C25H21NO3S2/c1-28-21-13-12-20(14-22(21)29-17-19-10-6-3-7-11-19)15-23-24(27)26(25(30)31-23)16-18-8-4-2-5-9-18/h2-15H,16-17H2,1H3/b23-15+. The maximum atomic E-state index is 12.9. The summed E-state index contributed by atoms with van der Waals surface area (Å²) in [6.07, 6.45) is 1.85. The normalized spacial score (nSPS) is 14.9. The number of hydrogen-bond donors (Lipinski definition) is 0. The molecule has 1 heterocycles. The number of carbonyl (C=O) groups excluding carboxylic acids is 1. The number of thioether (sulfide) groups is 1. The van der Waals surface area contributed by atoms with E-state index in [0.29, 0.717) is 33.9 Å². The van der Waals surface area contributed by atoms with Gasteiger partial charge in [-0.05, 0) is 34.9 Å². The summed E-state index contributed by atoms with van der Waals surface area (Å²) < 4.78 is 12.0. The second-order valence-electron chi connectivity index (χ2n) is 6.94. The molecule has 1 amide bonds. The van der Waals surface area contributed by atoms with Crippen LogP contribution in [0.1, 0.15) is 16.7 Å².